The molecule has 0 heterocycles. The smallest absolute Gasteiger partial charge is 0.320 e. The maximum absolute atomic E-state index is 10.7. The van der Waals surface area contributed by atoms with Crippen LogP contribution in [0.1, 0.15) is 52.9 Å². The molecule has 0 amide bonds. The van der Waals surface area contributed by atoms with Crippen molar-refractivity contribution >= 4 is 5.97 Å². The molecule has 1 unspecified atom stereocenters. The van der Waals surface area contributed by atoms with Gasteiger partial charge in [0.1, 0.15) is 6.04 Å². The van der Waals surface area contributed by atoms with E-state index in [0.29, 0.717) is 17.8 Å². The summed E-state index contributed by atoms with van der Waals surface area (Å²) in [6, 6.07) is -0.670. The van der Waals surface area contributed by atoms with Crippen molar-refractivity contribution in [2.24, 2.45) is 23.0 Å². The van der Waals surface area contributed by atoms with Gasteiger partial charge in [-0.3, -0.25) is 4.79 Å². The average Bonchev–Trinajstić information content (AvgIpc) is 2.17. The van der Waals surface area contributed by atoms with Gasteiger partial charge in [0.25, 0.3) is 0 Å². The fraction of sp³-hybridized carbons (Fsp3) is 0.923. The molecule has 1 aliphatic carbocycles. The minimum atomic E-state index is -0.863. The molecule has 3 N–H and O–H groups in total. The Hall–Kier alpha value is -0.570. The second kappa shape index (κ2) is 5.17. The van der Waals surface area contributed by atoms with Crippen molar-refractivity contribution in [1.82, 2.24) is 0 Å². The summed E-state index contributed by atoms with van der Waals surface area (Å²) < 4.78 is 0. The first-order valence-electron chi connectivity index (χ1n) is 6.29. The van der Waals surface area contributed by atoms with Crippen LogP contribution in [0.5, 0.6) is 0 Å². The summed E-state index contributed by atoms with van der Waals surface area (Å²) >= 11 is 0. The average molecular weight is 227 g/mol. The van der Waals surface area contributed by atoms with Crippen molar-refractivity contribution in [2.45, 2.75) is 58.9 Å². The number of carboxylic acids is 1. The molecule has 94 valence electrons. The number of carbonyl (C=O) groups is 1. The van der Waals surface area contributed by atoms with Crippen molar-refractivity contribution in [1.29, 1.82) is 0 Å². The van der Waals surface area contributed by atoms with Gasteiger partial charge in [0.05, 0.1) is 0 Å². The molecule has 1 fully saturated rings. The lowest BCUT2D eigenvalue weighted by atomic mass is 9.69. The Bertz CT molecular complexity index is 237. The molecule has 0 aromatic heterocycles. The predicted molar refractivity (Wildman–Crippen MR) is 65.1 cm³/mol. The first kappa shape index (κ1) is 13.5. The molecule has 0 aliphatic heterocycles. The summed E-state index contributed by atoms with van der Waals surface area (Å²) in [5.74, 6) is 0.437. The van der Waals surface area contributed by atoms with E-state index in [0.717, 1.165) is 18.8 Å². The van der Waals surface area contributed by atoms with Gasteiger partial charge >= 0.3 is 5.97 Å². The van der Waals surface area contributed by atoms with Gasteiger partial charge in [0.2, 0.25) is 0 Å². The topological polar surface area (TPSA) is 63.3 Å². The summed E-state index contributed by atoms with van der Waals surface area (Å²) in [4.78, 5) is 10.7. The quantitative estimate of drug-likeness (QED) is 0.779. The molecule has 0 aromatic carbocycles. The third-order valence-corrected chi connectivity index (χ3v) is 3.98. The Kier molecular flexibility index (Phi) is 4.36. The van der Waals surface area contributed by atoms with E-state index in [1.807, 2.05) is 0 Å². The summed E-state index contributed by atoms with van der Waals surface area (Å²) in [6.45, 7) is 6.88. The zero-order valence-electron chi connectivity index (χ0n) is 10.7. The van der Waals surface area contributed by atoms with E-state index in [9.17, 15) is 4.79 Å². The molecule has 3 heteroatoms. The fourth-order valence-corrected chi connectivity index (χ4v) is 2.72. The SMILES string of the molecule is CC(C)(C)C1CCC(CC(N)C(=O)O)CC1. The molecule has 0 radical (unpaired) electrons. The summed E-state index contributed by atoms with van der Waals surface area (Å²) in [5.41, 5.74) is 5.96. The Morgan fingerprint density at radius 3 is 2.19 bits per heavy atom. The monoisotopic (exact) mass is 227 g/mol. The highest BCUT2D eigenvalue weighted by atomic mass is 16.4. The molecule has 1 rings (SSSR count). The van der Waals surface area contributed by atoms with Crippen LogP contribution in [-0.4, -0.2) is 17.1 Å². The number of hydrogen-bond acceptors (Lipinski definition) is 2. The van der Waals surface area contributed by atoms with E-state index in [1.165, 1.54) is 12.8 Å². The summed E-state index contributed by atoms with van der Waals surface area (Å²) in [7, 11) is 0. The van der Waals surface area contributed by atoms with Crippen LogP contribution in [0.15, 0.2) is 0 Å². The zero-order valence-corrected chi connectivity index (χ0v) is 10.7. The zero-order chi connectivity index (χ0) is 12.3. The van der Waals surface area contributed by atoms with E-state index in [-0.39, 0.29) is 0 Å². The molecule has 0 aromatic rings. The van der Waals surface area contributed by atoms with E-state index in [4.69, 9.17) is 10.8 Å². The van der Waals surface area contributed by atoms with E-state index >= 15 is 0 Å². The van der Waals surface area contributed by atoms with Crippen molar-refractivity contribution in [3.8, 4) is 0 Å². The molecule has 3 nitrogen and oxygen atoms in total. The van der Waals surface area contributed by atoms with Crippen molar-refractivity contribution in [3.63, 3.8) is 0 Å². The highest BCUT2D eigenvalue weighted by Gasteiger charge is 2.30. The van der Waals surface area contributed by atoms with Crippen LogP contribution >= 0.6 is 0 Å². The molecule has 1 atom stereocenters. The number of aliphatic carboxylic acids is 1. The number of hydrogen-bond donors (Lipinski definition) is 2. The number of nitrogens with two attached hydrogens (primary N) is 1. The van der Waals surface area contributed by atoms with Gasteiger partial charge in [-0.05, 0) is 36.5 Å². The minimum Gasteiger partial charge on any atom is -0.480 e. The highest BCUT2D eigenvalue weighted by molar-refractivity contribution is 5.73. The number of rotatable bonds is 3. The van der Waals surface area contributed by atoms with Crippen LogP contribution < -0.4 is 5.73 Å². The Morgan fingerprint density at radius 2 is 1.81 bits per heavy atom. The minimum absolute atomic E-state index is 0.389. The number of carboxylic acid groups (broad SMARTS) is 1. The van der Waals surface area contributed by atoms with Crippen LogP contribution in [0.4, 0.5) is 0 Å². The molecular weight excluding hydrogens is 202 g/mol. The predicted octanol–water partition coefficient (Wildman–Crippen LogP) is 2.64. The maximum atomic E-state index is 10.7. The molecule has 1 saturated carbocycles. The Labute approximate surface area is 98.4 Å². The van der Waals surface area contributed by atoms with Crippen LogP contribution in [-0.2, 0) is 4.79 Å². The second-order valence-electron chi connectivity index (χ2n) is 6.26. The van der Waals surface area contributed by atoms with E-state index in [2.05, 4.69) is 20.8 Å². The normalized spacial score (nSPS) is 28.8. The first-order chi connectivity index (χ1) is 7.30. The van der Waals surface area contributed by atoms with Crippen LogP contribution in [0.2, 0.25) is 0 Å². The largest absolute Gasteiger partial charge is 0.480 e. The Morgan fingerprint density at radius 1 is 1.31 bits per heavy atom. The van der Waals surface area contributed by atoms with Gasteiger partial charge in [0.15, 0.2) is 0 Å². The lowest BCUT2D eigenvalue weighted by Crippen LogP contribution is -2.34. The lowest BCUT2D eigenvalue weighted by molar-refractivity contribution is -0.139. The van der Waals surface area contributed by atoms with Crippen LogP contribution in [0, 0.1) is 17.3 Å². The maximum Gasteiger partial charge on any atom is 0.320 e. The van der Waals surface area contributed by atoms with Gasteiger partial charge in [0, 0.05) is 0 Å². The third-order valence-electron chi connectivity index (χ3n) is 3.98. The molecule has 0 spiro atoms. The van der Waals surface area contributed by atoms with Gasteiger partial charge < -0.3 is 10.8 Å². The Balaban J connectivity index is 2.35. The molecule has 16 heavy (non-hydrogen) atoms. The molecular formula is C13H25NO2. The van der Waals surface area contributed by atoms with E-state index in [1.54, 1.807) is 0 Å². The van der Waals surface area contributed by atoms with Crippen molar-refractivity contribution in [2.75, 3.05) is 0 Å². The molecule has 1 aliphatic rings. The van der Waals surface area contributed by atoms with Crippen molar-refractivity contribution in [3.05, 3.63) is 0 Å². The summed E-state index contributed by atoms with van der Waals surface area (Å²) in [5, 5.41) is 8.77. The van der Waals surface area contributed by atoms with Crippen molar-refractivity contribution < 1.29 is 9.90 Å². The van der Waals surface area contributed by atoms with Gasteiger partial charge in [-0.25, -0.2) is 0 Å². The van der Waals surface area contributed by atoms with Gasteiger partial charge in [-0.2, -0.15) is 0 Å². The van der Waals surface area contributed by atoms with Crippen LogP contribution in [0.3, 0.4) is 0 Å². The second-order valence-corrected chi connectivity index (χ2v) is 6.26. The van der Waals surface area contributed by atoms with Gasteiger partial charge in [-0.15, -0.1) is 0 Å². The third kappa shape index (κ3) is 3.78. The molecule has 0 saturated heterocycles. The first-order valence-corrected chi connectivity index (χ1v) is 6.29. The molecule has 0 bridgehead atoms. The van der Waals surface area contributed by atoms with E-state index < -0.39 is 12.0 Å². The fourth-order valence-electron chi connectivity index (χ4n) is 2.72. The summed E-state index contributed by atoms with van der Waals surface area (Å²) in [6.07, 6.45) is 5.37. The van der Waals surface area contributed by atoms with Gasteiger partial charge in [-0.1, -0.05) is 33.6 Å². The lowest BCUT2D eigenvalue weighted by Gasteiger charge is -2.37. The standard InChI is InChI=1S/C13H25NO2/c1-13(2,3)10-6-4-9(5-7-10)8-11(14)12(15)16/h9-11H,4-8,14H2,1-3H3,(H,15,16). The van der Waals surface area contributed by atoms with Crippen LogP contribution in [0.25, 0.3) is 0 Å². The highest BCUT2D eigenvalue weighted by Crippen LogP contribution is 2.40.